The molecule has 5 rings (SSSR count). The second-order valence-corrected chi connectivity index (χ2v) is 18.7. The summed E-state index contributed by atoms with van der Waals surface area (Å²) in [7, 11) is -6.10. The van der Waals surface area contributed by atoms with Crippen LogP contribution < -0.4 is 0 Å². The lowest BCUT2D eigenvalue weighted by atomic mass is 9.44. The van der Waals surface area contributed by atoms with Gasteiger partial charge in [0.1, 0.15) is 17.3 Å². The Bertz CT molecular complexity index is 1490. The summed E-state index contributed by atoms with van der Waals surface area (Å²) < 4.78 is 112. The van der Waals surface area contributed by atoms with Crippen LogP contribution in [0.5, 0.6) is 0 Å². The number of rotatable bonds is 12. The van der Waals surface area contributed by atoms with Crippen LogP contribution in [0.4, 0.5) is 26.3 Å². The summed E-state index contributed by atoms with van der Waals surface area (Å²) in [5.41, 5.74) is -0.759. The molecule has 0 N–H and O–H groups in total. The van der Waals surface area contributed by atoms with Crippen LogP contribution >= 0.6 is 0 Å². The first-order chi connectivity index (χ1) is 23.5. The molecule has 1 saturated heterocycles. The number of nitrogens with zero attached hydrogens (tertiary/aromatic N) is 1. The smallest absolute Gasteiger partial charge is 0.427 e. The van der Waals surface area contributed by atoms with E-state index in [0.717, 1.165) is 25.7 Å². The topological polar surface area (TPSA) is 115 Å². The third-order valence-corrected chi connectivity index (χ3v) is 15.8. The molecule has 1 unspecified atom stereocenters. The van der Waals surface area contributed by atoms with Crippen molar-refractivity contribution in [3.63, 3.8) is 0 Å². The molecule has 4 aliphatic carbocycles. The predicted molar refractivity (Wildman–Crippen MR) is 173 cm³/mol. The molecule has 0 spiro atoms. The molecule has 0 aromatic heterocycles. The van der Waals surface area contributed by atoms with E-state index in [1.165, 1.54) is 0 Å². The van der Waals surface area contributed by atoms with Crippen molar-refractivity contribution < 1.29 is 58.7 Å². The Morgan fingerprint density at radius 1 is 0.941 bits per heavy atom. The fraction of sp³-hybridized carbons (Fsp3) is 0.889. The number of unbranched alkanes of at least 4 members (excludes halogenated alkanes) is 1. The molecule has 51 heavy (non-hydrogen) atoms. The summed E-state index contributed by atoms with van der Waals surface area (Å²) in [5, 5.41) is -6.02. The zero-order chi connectivity index (χ0) is 37.9. The highest BCUT2D eigenvalue weighted by Crippen LogP contribution is 2.66. The van der Waals surface area contributed by atoms with Crippen LogP contribution in [0.1, 0.15) is 111 Å². The minimum Gasteiger partial charge on any atom is -0.465 e. The van der Waals surface area contributed by atoms with Crippen molar-refractivity contribution in [2.45, 2.75) is 128 Å². The number of fused-ring (bicyclic) bond motifs is 5. The van der Waals surface area contributed by atoms with E-state index in [1.807, 2.05) is 0 Å². The van der Waals surface area contributed by atoms with Gasteiger partial charge >= 0.3 is 23.1 Å². The average Bonchev–Trinajstić information content (AvgIpc) is 3.41. The van der Waals surface area contributed by atoms with Gasteiger partial charge in [-0.2, -0.15) is 30.6 Å². The zero-order valence-electron chi connectivity index (χ0n) is 29.8. The second-order valence-electron chi connectivity index (χ2n) is 16.7. The second kappa shape index (κ2) is 14.0. The van der Waals surface area contributed by atoms with Crippen molar-refractivity contribution in [1.29, 1.82) is 0 Å². The van der Waals surface area contributed by atoms with Gasteiger partial charge in [0.05, 0.1) is 6.61 Å². The van der Waals surface area contributed by atoms with E-state index >= 15 is 0 Å². The molecule has 1 aliphatic heterocycles. The summed E-state index contributed by atoms with van der Waals surface area (Å²) in [5.74, 6) is -11.5. The van der Waals surface area contributed by atoms with Gasteiger partial charge in [0, 0.05) is 63.5 Å². The molecule has 0 aromatic carbocycles. The van der Waals surface area contributed by atoms with Gasteiger partial charge in [0.2, 0.25) is 0 Å². The normalized spacial score (nSPS) is 34.9. The Balaban J connectivity index is 1.06. The third-order valence-electron chi connectivity index (χ3n) is 13.8. The van der Waals surface area contributed by atoms with Crippen LogP contribution in [0, 0.1) is 52.3 Å². The molecular formula is C36H51F6NO7S. The van der Waals surface area contributed by atoms with Crippen LogP contribution in [0.3, 0.4) is 0 Å². The van der Waals surface area contributed by atoms with Crippen LogP contribution in [0.15, 0.2) is 0 Å². The molecule has 0 aromatic rings. The lowest BCUT2D eigenvalue weighted by molar-refractivity contribution is -0.272. The van der Waals surface area contributed by atoms with Crippen molar-refractivity contribution in [3.8, 4) is 0 Å². The van der Waals surface area contributed by atoms with Gasteiger partial charge in [-0.15, -0.1) is 0 Å². The number of Topliss-reactive ketones (excluding diaryl/α,β-unsaturated/α-hetero) is 3. The lowest BCUT2D eigenvalue weighted by Crippen LogP contribution is -2.60. The summed E-state index contributed by atoms with van der Waals surface area (Å²) in [6.07, 6.45) is 6.12. The maximum absolute atomic E-state index is 14.2. The minimum atomic E-state index is -6.12. The highest BCUT2D eigenvalue weighted by Gasteiger charge is 2.76. The number of hydrogen-bond donors (Lipinski definition) is 0. The Morgan fingerprint density at radius 2 is 1.59 bits per heavy atom. The molecule has 8 nitrogen and oxygen atoms in total. The first-order valence-electron chi connectivity index (χ1n) is 18.4. The molecule has 4 saturated carbocycles. The monoisotopic (exact) mass is 755 g/mol. The number of halogens is 6. The maximum atomic E-state index is 14.2. The Morgan fingerprint density at radius 3 is 2.22 bits per heavy atom. The van der Waals surface area contributed by atoms with E-state index < -0.39 is 64.4 Å². The quantitative estimate of drug-likeness (QED) is 0.117. The van der Waals surface area contributed by atoms with Crippen LogP contribution in [-0.2, 0) is 33.9 Å². The summed E-state index contributed by atoms with van der Waals surface area (Å²) >= 11 is 0. The molecule has 290 valence electrons. The van der Waals surface area contributed by atoms with Gasteiger partial charge in [-0.05, 0) is 79.4 Å². The molecule has 5 fully saturated rings. The van der Waals surface area contributed by atoms with Gasteiger partial charge < -0.3 is 4.74 Å². The number of carbonyl (C=O) groups excluding carboxylic acids is 4. The number of esters is 1. The maximum Gasteiger partial charge on any atom is 0.427 e. The molecule has 5 aliphatic rings. The van der Waals surface area contributed by atoms with E-state index in [9.17, 15) is 53.9 Å². The van der Waals surface area contributed by atoms with E-state index in [-0.39, 0.29) is 88.4 Å². The molecule has 0 amide bonds. The van der Waals surface area contributed by atoms with Crippen molar-refractivity contribution in [1.82, 2.24) is 4.31 Å². The van der Waals surface area contributed by atoms with Crippen LogP contribution in [0.2, 0.25) is 0 Å². The molecule has 8 atom stereocenters. The lowest BCUT2D eigenvalue weighted by Gasteiger charge is -2.58. The largest absolute Gasteiger partial charge is 0.465 e. The highest BCUT2D eigenvalue weighted by molar-refractivity contribution is 7.90. The standard InChI is InChI=1S/C36H51F6NO7S/c1-21(25-9-10-26-31-27(19-29(46)33(25,26)3)32(2)14-11-24(44)17-23(32)18-28(31)45)7-5-6-8-30(47)50-20-22-12-15-43(16-13-22)51(48,49)36(41,42)35(39,40)34(4,37)38/h21-23,25-27,31H,5-20H2,1-4H3/t21-,23+,25-,26?,27+,31+,32+,33-/m0/s1. The third kappa shape index (κ3) is 6.81. The Hall–Kier alpha value is -2.03. The summed E-state index contributed by atoms with van der Waals surface area (Å²) in [6.45, 7) is 4.57. The minimum absolute atomic E-state index is 0.000391. The number of ketones is 3. The van der Waals surface area contributed by atoms with Gasteiger partial charge in [-0.25, -0.2) is 8.42 Å². The average molecular weight is 756 g/mol. The van der Waals surface area contributed by atoms with Crippen molar-refractivity contribution in [2.24, 2.45) is 52.3 Å². The van der Waals surface area contributed by atoms with Gasteiger partial charge in [-0.1, -0.05) is 33.6 Å². The summed E-state index contributed by atoms with van der Waals surface area (Å²) in [6, 6.07) is 0. The van der Waals surface area contributed by atoms with Gasteiger partial charge in [-0.3, -0.25) is 19.2 Å². The van der Waals surface area contributed by atoms with Gasteiger partial charge in [0.25, 0.3) is 10.0 Å². The zero-order valence-corrected chi connectivity index (χ0v) is 30.7. The number of sulfonamides is 1. The predicted octanol–water partition coefficient (Wildman–Crippen LogP) is 7.24. The van der Waals surface area contributed by atoms with Crippen molar-refractivity contribution in [2.75, 3.05) is 19.7 Å². The first kappa shape index (κ1) is 40.2. The van der Waals surface area contributed by atoms with E-state index in [2.05, 4.69) is 20.8 Å². The van der Waals surface area contributed by atoms with Gasteiger partial charge in [0.15, 0.2) is 0 Å². The molecule has 0 radical (unpaired) electrons. The number of ether oxygens (including phenoxy) is 1. The highest BCUT2D eigenvalue weighted by atomic mass is 32.2. The Labute approximate surface area is 296 Å². The van der Waals surface area contributed by atoms with Crippen LogP contribution in [-0.4, -0.2) is 72.8 Å². The van der Waals surface area contributed by atoms with Crippen molar-refractivity contribution in [3.05, 3.63) is 0 Å². The number of hydrogen-bond acceptors (Lipinski definition) is 7. The number of alkyl halides is 6. The molecule has 1 heterocycles. The molecule has 15 heteroatoms. The van der Waals surface area contributed by atoms with E-state index in [1.54, 1.807) is 0 Å². The SMILES string of the molecule is C[C@@H](CCCCC(=O)OCC1CCN(S(=O)(=O)C(F)(F)C(F)(F)C(C)(F)F)CC1)[C@@H]1CCC2[C@H]3C(=O)C[C@H]4CC(=O)CC[C@@]4(C)[C@@H]3CC(=O)[C@]21C. The van der Waals surface area contributed by atoms with Crippen LogP contribution in [0.25, 0.3) is 0 Å². The first-order valence-corrected chi connectivity index (χ1v) is 19.8. The fourth-order valence-electron chi connectivity index (χ4n) is 10.5. The number of carbonyl (C=O) groups is 4. The Kier molecular flexibility index (Phi) is 11.0. The van der Waals surface area contributed by atoms with Crippen molar-refractivity contribution >= 4 is 33.3 Å². The molecular weight excluding hydrogens is 704 g/mol. The fourth-order valence-corrected chi connectivity index (χ4v) is 12.0. The molecule has 0 bridgehead atoms. The van der Waals surface area contributed by atoms with E-state index in [0.29, 0.717) is 38.5 Å². The van der Waals surface area contributed by atoms with E-state index in [4.69, 9.17) is 4.74 Å². The number of piperidine rings is 1. The summed E-state index contributed by atoms with van der Waals surface area (Å²) in [4.78, 5) is 52.3.